The first-order chi connectivity index (χ1) is 8.53. The topological polar surface area (TPSA) is 44.8 Å². The average molecular weight is 250 g/mol. The van der Waals surface area contributed by atoms with Gasteiger partial charge in [-0.2, -0.15) is 0 Å². The molecule has 4 nitrogen and oxygen atoms in total. The maximum absolute atomic E-state index is 12.0. The van der Waals surface area contributed by atoms with E-state index in [0.29, 0.717) is 29.2 Å². The number of rotatable bonds is 6. The van der Waals surface area contributed by atoms with Gasteiger partial charge in [0.25, 0.3) is 0 Å². The third-order valence-corrected chi connectivity index (χ3v) is 2.45. The molecule has 0 saturated carbocycles. The van der Waals surface area contributed by atoms with Crippen LogP contribution in [0.1, 0.15) is 23.7 Å². The molecule has 0 N–H and O–H groups in total. The Balaban J connectivity index is 3.22. The smallest absolute Gasteiger partial charge is 0.203 e. The van der Waals surface area contributed by atoms with Crippen LogP contribution in [-0.4, -0.2) is 27.1 Å². The number of allylic oxidation sites excluding steroid dienone is 1. The van der Waals surface area contributed by atoms with E-state index in [2.05, 4.69) is 6.58 Å². The highest BCUT2D eigenvalue weighted by Crippen LogP contribution is 2.38. The molecule has 0 amide bonds. The fourth-order valence-electron chi connectivity index (χ4n) is 1.62. The number of ketones is 1. The van der Waals surface area contributed by atoms with E-state index in [1.54, 1.807) is 12.1 Å². The van der Waals surface area contributed by atoms with E-state index >= 15 is 0 Å². The molecule has 4 heteroatoms. The monoisotopic (exact) mass is 250 g/mol. The Morgan fingerprint density at radius 2 is 1.61 bits per heavy atom. The van der Waals surface area contributed by atoms with Gasteiger partial charge >= 0.3 is 0 Å². The maximum atomic E-state index is 12.0. The summed E-state index contributed by atoms with van der Waals surface area (Å²) in [6.45, 7) is 5.55. The van der Waals surface area contributed by atoms with Crippen LogP contribution in [0.4, 0.5) is 0 Å². The molecule has 0 heterocycles. The summed E-state index contributed by atoms with van der Waals surface area (Å²) in [5.74, 6) is 1.40. The number of Topliss-reactive ketones (excluding diaryl/α,β-unsaturated/α-hetero) is 1. The summed E-state index contributed by atoms with van der Waals surface area (Å²) in [5.41, 5.74) is 1.33. The fraction of sp³-hybridized carbons (Fsp3) is 0.357. The Hall–Kier alpha value is -1.97. The summed E-state index contributed by atoms with van der Waals surface area (Å²) in [6, 6.07) is 3.29. The second-order valence-electron chi connectivity index (χ2n) is 3.97. The van der Waals surface area contributed by atoms with E-state index in [4.69, 9.17) is 14.2 Å². The Labute approximate surface area is 107 Å². The minimum Gasteiger partial charge on any atom is -0.493 e. The van der Waals surface area contributed by atoms with Gasteiger partial charge < -0.3 is 14.2 Å². The Kier molecular flexibility index (Phi) is 4.77. The average Bonchev–Trinajstić information content (AvgIpc) is 2.35. The standard InChI is InChI=1S/C14H18O4/c1-9(2)6-11(15)10-7-12(16-3)14(18-5)13(8-10)17-4/h7-8H,1,6H2,2-5H3. The van der Waals surface area contributed by atoms with Crippen molar-refractivity contribution >= 4 is 5.78 Å². The molecule has 0 aliphatic carbocycles. The van der Waals surface area contributed by atoms with Crippen LogP contribution in [0.3, 0.4) is 0 Å². The number of carbonyl (C=O) groups is 1. The van der Waals surface area contributed by atoms with E-state index in [9.17, 15) is 4.79 Å². The van der Waals surface area contributed by atoms with E-state index in [-0.39, 0.29) is 5.78 Å². The van der Waals surface area contributed by atoms with Gasteiger partial charge in [0.1, 0.15) is 0 Å². The van der Waals surface area contributed by atoms with Crippen LogP contribution >= 0.6 is 0 Å². The molecule has 0 fully saturated rings. The van der Waals surface area contributed by atoms with Gasteiger partial charge in [0.05, 0.1) is 21.3 Å². The second kappa shape index (κ2) is 6.10. The summed E-state index contributed by atoms with van der Waals surface area (Å²) in [6.07, 6.45) is 0.304. The van der Waals surface area contributed by atoms with Crippen molar-refractivity contribution in [3.63, 3.8) is 0 Å². The fourth-order valence-corrected chi connectivity index (χ4v) is 1.62. The molecule has 0 aromatic heterocycles. The molecule has 0 unspecified atom stereocenters. The van der Waals surface area contributed by atoms with Crippen molar-refractivity contribution in [2.75, 3.05) is 21.3 Å². The van der Waals surface area contributed by atoms with Gasteiger partial charge in [-0.05, 0) is 19.1 Å². The van der Waals surface area contributed by atoms with Crippen LogP contribution in [0.15, 0.2) is 24.3 Å². The molecule has 1 aromatic rings. The lowest BCUT2D eigenvalue weighted by Crippen LogP contribution is -2.03. The molecule has 0 aliphatic rings. The highest BCUT2D eigenvalue weighted by Gasteiger charge is 2.16. The first-order valence-corrected chi connectivity index (χ1v) is 5.51. The van der Waals surface area contributed by atoms with Crippen molar-refractivity contribution in [2.24, 2.45) is 0 Å². The van der Waals surface area contributed by atoms with Crippen LogP contribution in [0.2, 0.25) is 0 Å². The lowest BCUT2D eigenvalue weighted by atomic mass is 10.0. The Bertz CT molecular complexity index is 438. The first kappa shape index (κ1) is 14.1. The third-order valence-electron chi connectivity index (χ3n) is 2.45. The lowest BCUT2D eigenvalue weighted by molar-refractivity contribution is 0.0992. The molecule has 0 saturated heterocycles. The molecule has 1 aromatic carbocycles. The summed E-state index contributed by atoms with van der Waals surface area (Å²) >= 11 is 0. The summed E-state index contributed by atoms with van der Waals surface area (Å²) in [7, 11) is 4.56. The van der Waals surface area contributed by atoms with Gasteiger partial charge in [-0.15, -0.1) is 0 Å². The predicted octanol–water partition coefficient (Wildman–Crippen LogP) is 2.86. The van der Waals surface area contributed by atoms with Gasteiger partial charge in [-0.25, -0.2) is 0 Å². The minimum atomic E-state index is -0.0262. The second-order valence-corrected chi connectivity index (χ2v) is 3.97. The zero-order valence-electron chi connectivity index (χ0n) is 11.2. The molecule has 1 rings (SSSR count). The molecular weight excluding hydrogens is 232 g/mol. The van der Waals surface area contributed by atoms with Crippen molar-refractivity contribution in [2.45, 2.75) is 13.3 Å². The van der Waals surface area contributed by atoms with Crippen LogP contribution in [-0.2, 0) is 0 Å². The van der Waals surface area contributed by atoms with E-state index in [1.165, 1.54) is 21.3 Å². The molecule has 0 atom stereocenters. The first-order valence-electron chi connectivity index (χ1n) is 5.51. The summed E-state index contributed by atoms with van der Waals surface area (Å²) < 4.78 is 15.6. The van der Waals surface area contributed by atoms with Crippen LogP contribution in [0.25, 0.3) is 0 Å². The van der Waals surface area contributed by atoms with Gasteiger partial charge in [0.2, 0.25) is 5.75 Å². The van der Waals surface area contributed by atoms with E-state index < -0.39 is 0 Å². The van der Waals surface area contributed by atoms with Crippen molar-refractivity contribution in [1.82, 2.24) is 0 Å². The quantitative estimate of drug-likeness (QED) is 0.575. The number of ether oxygens (including phenoxy) is 3. The van der Waals surface area contributed by atoms with E-state index in [0.717, 1.165) is 5.57 Å². The van der Waals surface area contributed by atoms with Gasteiger partial charge in [-0.1, -0.05) is 12.2 Å². The normalized spacial score (nSPS) is 9.78. The zero-order valence-corrected chi connectivity index (χ0v) is 11.2. The number of methoxy groups -OCH3 is 3. The minimum absolute atomic E-state index is 0.0262. The predicted molar refractivity (Wildman–Crippen MR) is 69.9 cm³/mol. The van der Waals surface area contributed by atoms with Crippen molar-refractivity contribution in [3.05, 3.63) is 29.8 Å². The number of carbonyl (C=O) groups excluding carboxylic acids is 1. The highest BCUT2D eigenvalue weighted by molar-refractivity contribution is 5.98. The molecule has 18 heavy (non-hydrogen) atoms. The van der Waals surface area contributed by atoms with Crippen LogP contribution in [0.5, 0.6) is 17.2 Å². The number of hydrogen-bond donors (Lipinski definition) is 0. The molecule has 0 bridgehead atoms. The Morgan fingerprint density at radius 1 is 1.11 bits per heavy atom. The van der Waals surface area contributed by atoms with Crippen molar-refractivity contribution < 1.29 is 19.0 Å². The van der Waals surface area contributed by atoms with E-state index in [1.807, 2.05) is 6.92 Å². The van der Waals surface area contributed by atoms with Gasteiger partial charge in [-0.3, -0.25) is 4.79 Å². The number of hydrogen-bond acceptors (Lipinski definition) is 4. The SMILES string of the molecule is C=C(C)CC(=O)c1cc(OC)c(OC)c(OC)c1. The zero-order chi connectivity index (χ0) is 13.7. The summed E-state index contributed by atoms with van der Waals surface area (Å²) in [4.78, 5) is 12.0. The van der Waals surface area contributed by atoms with Crippen LogP contribution in [0, 0.1) is 0 Å². The molecular formula is C14H18O4. The molecule has 0 aliphatic heterocycles. The van der Waals surface area contributed by atoms with Crippen molar-refractivity contribution in [1.29, 1.82) is 0 Å². The Morgan fingerprint density at radius 3 is 1.94 bits per heavy atom. The van der Waals surface area contributed by atoms with Crippen molar-refractivity contribution in [3.8, 4) is 17.2 Å². The summed E-state index contributed by atoms with van der Waals surface area (Å²) in [5, 5.41) is 0. The molecule has 98 valence electrons. The van der Waals surface area contributed by atoms with Gasteiger partial charge in [0, 0.05) is 12.0 Å². The highest BCUT2D eigenvalue weighted by atomic mass is 16.5. The molecule has 0 radical (unpaired) electrons. The maximum Gasteiger partial charge on any atom is 0.203 e. The lowest BCUT2D eigenvalue weighted by Gasteiger charge is -2.13. The largest absolute Gasteiger partial charge is 0.493 e. The molecule has 0 spiro atoms. The van der Waals surface area contributed by atoms with Gasteiger partial charge in [0.15, 0.2) is 17.3 Å². The number of benzene rings is 1. The van der Waals surface area contributed by atoms with Crippen LogP contribution < -0.4 is 14.2 Å². The third kappa shape index (κ3) is 3.03.